The van der Waals surface area contributed by atoms with Gasteiger partial charge in [-0.1, -0.05) is 78.9 Å². The number of alkyl halides is 2. The second kappa shape index (κ2) is 14.8. The van der Waals surface area contributed by atoms with E-state index in [1.165, 1.54) is 41.0 Å². The van der Waals surface area contributed by atoms with E-state index >= 15 is 8.78 Å². The Labute approximate surface area is 328 Å². The highest BCUT2D eigenvalue weighted by atomic mass is 19.3. The molecule has 11 nitrogen and oxygen atoms in total. The number of likely N-dealkylation sites (tertiary alicyclic amines) is 1. The third-order valence-electron chi connectivity index (χ3n) is 11.7. The van der Waals surface area contributed by atoms with Gasteiger partial charge in [0.25, 0.3) is 11.8 Å². The lowest BCUT2D eigenvalue weighted by Gasteiger charge is -2.27. The molecule has 1 saturated heterocycles. The normalized spacial score (nSPS) is 20.3. The summed E-state index contributed by atoms with van der Waals surface area (Å²) in [5, 5.41) is 5.35. The number of fused-ring (bicyclic) bond motifs is 7. The number of amides is 4. The summed E-state index contributed by atoms with van der Waals surface area (Å²) < 4.78 is 41.6. The number of ether oxygens (including phenoxy) is 2. The number of nitrogens with zero attached hydrogens (tertiary/aromatic N) is 2. The minimum absolute atomic E-state index is 0.0921. The fourth-order valence-electron chi connectivity index (χ4n) is 8.99. The molecule has 0 unspecified atom stereocenters. The molecule has 4 aromatic carbocycles. The van der Waals surface area contributed by atoms with Crippen LogP contribution in [0.5, 0.6) is 0 Å². The van der Waals surface area contributed by atoms with Crippen LogP contribution in [0.4, 0.5) is 13.6 Å². The van der Waals surface area contributed by atoms with Gasteiger partial charge in [0, 0.05) is 60.6 Å². The van der Waals surface area contributed by atoms with Crippen molar-refractivity contribution >= 4 is 29.8 Å². The topological polar surface area (TPSA) is 134 Å². The first-order valence-electron chi connectivity index (χ1n) is 19.2. The number of carbonyl (C=O) groups excluding carboxylic acids is 5. The molecule has 1 heterocycles. The van der Waals surface area contributed by atoms with Gasteiger partial charge < -0.3 is 29.9 Å². The molecule has 3 atom stereocenters. The van der Waals surface area contributed by atoms with Crippen molar-refractivity contribution < 1.29 is 42.2 Å². The second-order valence-corrected chi connectivity index (χ2v) is 15.1. The molecule has 2 fully saturated rings. The number of esters is 1. The Kier molecular flexibility index (Phi) is 9.79. The van der Waals surface area contributed by atoms with Crippen LogP contribution in [-0.4, -0.2) is 91.1 Å². The maximum absolute atomic E-state index is 15.1. The molecule has 4 aliphatic rings. The van der Waals surface area contributed by atoms with Crippen LogP contribution in [0.25, 0.3) is 22.3 Å². The van der Waals surface area contributed by atoms with Gasteiger partial charge in [-0.25, -0.2) is 9.59 Å². The summed E-state index contributed by atoms with van der Waals surface area (Å²) >= 11 is 0. The van der Waals surface area contributed by atoms with E-state index in [2.05, 4.69) is 22.8 Å². The van der Waals surface area contributed by atoms with Gasteiger partial charge in [0.1, 0.15) is 12.6 Å². The van der Waals surface area contributed by atoms with Crippen LogP contribution in [0, 0.1) is 5.41 Å². The Morgan fingerprint density at radius 1 is 0.807 bits per heavy atom. The van der Waals surface area contributed by atoms with Gasteiger partial charge >= 0.3 is 12.1 Å². The molecule has 1 aliphatic heterocycles. The zero-order valence-electron chi connectivity index (χ0n) is 31.6. The number of hydrogen-bond donors (Lipinski definition) is 2. The highest BCUT2D eigenvalue weighted by molar-refractivity contribution is 5.99. The molecule has 4 aromatic rings. The summed E-state index contributed by atoms with van der Waals surface area (Å²) in [5.74, 6) is -5.36. The van der Waals surface area contributed by atoms with Crippen LogP contribution >= 0.6 is 0 Å². The molecule has 4 amide bonds. The van der Waals surface area contributed by atoms with Crippen LogP contribution in [0.15, 0.2) is 91.0 Å². The Morgan fingerprint density at radius 3 is 2.14 bits per heavy atom. The van der Waals surface area contributed by atoms with E-state index in [9.17, 15) is 24.0 Å². The van der Waals surface area contributed by atoms with Gasteiger partial charge in [-0.3, -0.25) is 14.4 Å². The summed E-state index contributed by atoms with van der Waals surface area (Å²) in [4.78, 5) is 69.1. The maximum Gasteiger partial charge on any atom is 0.409 e. The SMILES string of the molecule is CCOC(=O)[C@@H]1C[C@]2(CN(CCNC(C)=O)C(=O)OCC3c4ccccc4-c4ccccc43)C[C@@H]2N1C(=O)CNC(=O)c1ccc2c(c1)-c1ccccc1C2(F)F. The first-order chi connectivity index (χ1) is 27.4. The van der Waals surface area contributed by atoms with Crippen molar-refractivity contribution in [2.45, 2.75) is 50.6 Å². The van der Waals surface area contributed by atoms with Crippen molar-refractivity contribution in [3.05, 3.63) is 119 Å². The minimum atomic E-state index is -3.20. The number of benzene rings is 4. The summed E-state index contributed by atoms with van der Waals surface area (Å²) in [6.45, 7) is 3.24. The van der Waals surface area contributed by atoms with Crippen molar-refractivity contribution in [1.82, 2.24) is 20.4 Å². The molecular formula is C44H42F2N4O7. The van der Waals surface area contributed by atoms with Crippen LogP contribution in [-0.2, 0) is 29.8 Å². The molecule has 57 heavy (non-hydrogen) atoms. The molecule has 1 saturated carbocycles. The number of piperidine rings is 1. The van der Waals surface area contributed by atoms with E-state index in [0.29, 0.717) is 12.0 Å². The zero-order chi connectivity index (χ0) is 40.1. The van der Waals surface area contributed by atoms with Crippen LogP contribution < -0.4 is 10.6 Å². The number of carbonyl (C=O) groups is 5. The van der Waals surface area contributed by atoms with Gasteiger partial charge in [-0.2, -0.15) is 8.78 Å². The first kappa shape index (κ1) is 37.8. The van der Waals surface area contributed by atoms with Gasteiger partial charge in [0.2, 0.25) is 11.8 Å². The average molecular weight is 777 g/mol. The van der Waals surface area contributed by atoms with Crippen molar-refractivity contribution in [1.29, 1.82) is 0 Å². The molecule has 0 radical (unpaired) electrons. The van der Waals surface area contributed by atoms with Crippen LogP contribution in [0.1, 0.15) is 65.2 Å². The number of rotatable bonds is 12. The van der Waals surface area contributed by atoms with Crippen molar-refractivity contribution in [3.8, 4) is 22.3 Å². The maximum atomic E-state index is 15.1. The first-order valence-corrected chi connectivity index (χ1v) is 19.2. The summed E-state index contributed by atoms with van der Waals surface area (Å²) in [6.07, 6.45) is 0.137. The van der Waals surface area contributed by atoms with Crippen molar-refractivity contribution in [2.75, 3.05) is 39.4 Å². The molecule has 0 bridgehead atoms. The van der Waals surface area contributed by atoms with Gasteiger partial charge in [0.15, 0.2) is 0 Å². The summed E-state index contributed by atoms with van der Waals surface area (Å²) in [7, 11) is 0. The molecule has 8 rings (SSSR count). The predicted molar refractivity (Wildman–Crippen MR) is 205 cm³/mol. The third-order valence-corrected chi connectivity index (χ3v) is 11.7. The Bertz CT molecular complexity index is 2250. The Balaban J connectivity index is 0.965. The lowest BCUT2D eigenvalue weighted by atomic mass is 9.98. The molecule has 2 N–H and O–H groups in total. The van der Waals surface area contributed by atoms with E-state index in [1.807, 2.05) is 36.4 Å². The van der Waals surface area contributed by atoms with Gasteiger partial charge in [0.05, 0.1) is 13.2 Å². The van der Waals surface area contributed by atoms with Crippen LogP contribution in [0.2, 0.25) is 0 Å². The fraction of sp³-hybridized carbons (Fsp3) is 0.341. The number of halogens is 2. The number of hydrogen-bond acceptors (Lipinski definition) is 7. The molecule has 3 aliphatic carbocycles. The van der Waals surface area contributed by atoms with Crippen LogP contribution in [0.3, 0.4) is 0 Å². The largest absolute Gasteiger partial charge is 0.464 e. The highest BCUT2D eigenvalue weighted by Crippen LogP contribution is 2.60. The molecule has 0 spiro atoms. The summed E-state index contributed by atoms with van der Waals surface area (Å²) in [6, 6.07) is 24.7. The van der Waals surface area contributed by atoms with Gasteiger partial charge in [-0.05, 0) is 65.3 Å². The molecule has 13 heteroatoms. The summed E-state index contributed by atoms with van der Waals surface area (Å²) in [5.41, 5.74) is 4.03. The predicted octanol–water partition coefficient (Wildman–Crippen LogP) is 5.85. The Hall–Kier alpha value is -6.11. The minimum Gasteiger partial charge on any atom is -0.464 e. The molecular weight excluding hydrogens is 735 g/mol. The zero-order valence-corrected chi connectivity index (χ0v) is 31.6. The van der Waals surface area contributed by atoms with E-state index < -0.39 is 53.8 Å². The van der Waals surface area contributed by atoms with E-state index in [4.69, 9.17) is 9.47 Å². The smallest absolute Gasteiger partial charge is 0.409 e. The van der Waals surface area contributed by atoms with Gasteiger partial charge in [-0.15, -0.1) is 0 Å². The fourth-order valence-corrected chi connectivity index (χ4v) is 8.99. The van der Waals surface area contributed by atoms with E-state index in [-0.39, 0.29) is 73.3 Å². The lowest BCUT2D eigenvalue weighted by molar-refractivity contribution is -0.153. The van der Waals surface area contributed by atoms with E-state index in [1.54, 1.807) is 25.1 Å². The second-order valence-electron chi connectivity index (χ2n) is 15.1. The van der Waals surface area contributed by atoms with Crippen molar-refractivity contribution in [3.63, 3.8) is 0 Å². The highest BCUT2D eigenvalue weighted by Gasteiger charge is 2.68. The monoisotopic (exact) mass is 776 g/mol. The standard InChI is InChI=1S/C44H42F2N4O7/c1-3-56-41(54)37-21-43(25-49(19-18-47-26(2)51)42(55)57-24-34-30-12-6-4-10-28(30)29-11-5-7-13-31(29)34)22-38(43)50(37)39(52)23-48-40(53)27-16-17-36-33(20-27)32-14-8-9-15-35(32)44(36,45)46/h4-17,20,34,37-38H,3,18-19,21-25H2,1-2H3,(H,47,51)(H,48,53)/t37-,38-,43+/m0/s1. The molecule has 294 valence electrons. The van der Waals surface area contributed by atoms with Crippen molar-refractivity contribution in [2.24, 2.45) is 5.41 Å². The lowest BCUT2D eigenvalue weighted by Crippen LogP contribution is -2.48. The third kappa shape index (κ3) is 6.78. The molecule has 0 aromatic heterocycles. The average Bonchev–Trinajstić information content (AvgIpc) is 3.54. The number of nitrogens with one attached hydrogen (secondary N) is 2. The van der Waals surface area contributed by atoms with E-state index in [0.717, 1.165) is 22.3 Å². The quantitative estimate of drug-likeness (QED) is 0.173. The Morgan fingerprint density at radius 2 is 1.46 bits per heavy atom.